The number of hydrogen-bond donors (Lipinski definition) is 1. The highest BCUT2D eigenvalue weighted by molar-refractivity contribution is 9.10. The van der Waals surface area contributed by atoms with Crippen molar-refractivity contribution in [3.63, 3.8) is 0 Å². The van der Waals surface area contributed by atoms with Crippen LogP contribution in [0.25, 0.3) is 0 Å². The molecule has 0 bridgehead atoms. The van der Waals surface area contributed by atoms with E-state index in [1.54, 1.807) is 24.3 Å². The average Bonchev–Trinajstić information content (AvgIpc) is 2.39. The largest absolute Gasteiger partial charge is 0.280 e. The van der Waals surface area contributed by atoms with Crippen molar-refractivity contribution in [2.24, 2.45) is 0 Å². The molecule has 0 saturated heterocycles. The molecule has 0 saturated carbocycles. The number of nitrogens with zero attached hydrogens (tertiary/aromatic N) is 1. The fourth-order valence-electron chi connectivity index (χ4n) is 1.42. The van der Waals surface area contributed by atoms with Gasteiger partial charge < -0.3 is 0 Å². The lowest BCUT2D eigenvalue weighted by molar-refractivity contribution is 0.600. The Bertz CT molecular complexity index is 674. The van der Waals surface area contributed by atoms with E-state index in [1.807, 2.05) is 0 Å². The third-order valence-corrected chi connectivity index (χ3v) is 4.44. The first-order valence-corrected chi connectivity index (χ1v) is 8.10. The van der Waals surface area contributed by atoms with Crippen LogP contribution in [0.2, 0.25) is 0 Å². The number of benzene rings is 1. The summed E-state index contributed by atoms with van der Waals surface area (Å²) in [6.07, 6.45) is 2.81. The minimum absolute atomic E-state index is 0.100. The van der Waals surface area contributed by atoms with Crippen LogP contribution in [0.3, 0.4) is 0 Å². The topological polar surface area (TPSA) is 59.1 Å². The van der Waals surface area contributed by atoms with Gasteiger partial charge in [0.25, 0.3) is 10.0 Å². The summed E-state index contributed by atoms with van der Waals surface area (Å²) >= 11 is 8.86. The smallest absolute Gasteiger partial charge is 0.263 e. The molecule has 0 amide bonds. The Balaban J connectivity index is 2.25. The SMILES string of the molecule is O=S(=O)(Nc1ccc(CCl)cc1)c1cncc(Br)c1. The van der Waals surface area contributed by atoms with Crippen molar-refractivity contribution in [2.75, 3.05) is 4.72 Å². The number of pyridine rings is 1. The number of nitrogens with one attached hydrogen (secondary N) is 1. The lowest BCUT2D eigenvalue weighted by Crippen LogP contribution is -2.13. The summed E-state index contributed by atoms with van der Waals surface area (Å²) in [5.74, 6) is 0.391. The van der Waals surface area contributed by atoms with Crippen molar-refractivity contribution in [1.29, 1.82) is 0 Å². The van der Waals surface area contributed by atoms with Crippen molar-refractivity contribution >= 4 is 43.2 Å². The summed E-state index contributed by atoms with van der Waals surface area (Å²) in [4.78, 5) is 3.94. The number of rotatable bonds is 4. The van der Waals surface area contributed by atoms with Gasteiger partial charge in [-0.3, -0.25) is 9.71 Å². The van der Waals surface area contributed by atoms with Gasteiger partial charge in [0.2, 0.25) is 0 Å². The molecule has 7 heteroatoms. The molecule has 0 aliphatic carbocycles. The third-order valence-electron chi connectivity index (χ3n) is 2.35. The van der Waals surface area contributed by atoms with Crippen molar-refractivity contribution in [3.8, 4) is 0 Å². The maximum absolute atomic E-state index is 12.1. The molecule has 1 N–H and O–H groups in total. The van der Waals surface area contributed by atoms with E-state index in [0.717, 1.165) is 5.56 Å². The average molecular weight is 362 g/mol. The molecule has 1 heterocycles. The van der Waals surface area contributed by atoms with Gasteiger partial charge in [-0.1, -0.05) is 12.1 Å². The molecule has 2 rings (SSSR count). The van der Waals surface area contributed by atoms with Gasteiger partial charge >= 0.3 is 0 Å². The highest BCUT2D eigenvalue weighted by Gasteiger charge is 2.14. The van der Waals surface area contributed by atoms with Crippen LogP contribution in [0, 0.1) is 0 Å². The van der Waals surface area contributed by atoms with E-state index >= 15 is 0 Å². The highest BCUT2D eigenvalue weighted by atomic mass is 79.9. The van der Waals surface area contributed by atoms with Crippen molar-refractivity contribution in [2.45, 2.75) is 10.8 Å². The number of aromatic nitrogens is 1. The normalized spacial score (nSPS) is 11.3. The maximum Gasteiger partial charge on any atom is 0.263 e. The number of halogens is 2. The van der Waals surface area contributed by atoms with Crippen LogP contribution < -0.4 is 4.72 Å². The first-order chi connectivity index (χ1) is 9.01. The molecular weight excluding hydrogens is 352 g/mol. The van der Waals surface area contributed by atoms with E-state index < -0.39 is 10.0 Å². The van der Waals surface area contributed by atoms with E-state index in [4.69, 9.17) is 11.6 Å². The lowest BCUT2D eigenvalue weighted by atomic mass is 10.2. The molecule has 0 fully saturated rings. The standard InChI is InChI=1S/C12H10BrClN2O2S/c13-10-5-12(8-15-7-10)19(17,18)16-11-3-1-9(6-14)2-4-11/h1-5,7-8,16H,6H2. The molecule has 2 aromatic rings. The van der Waals surface area contributed by atoms with Crippen LogP contribution in [0.4, 0.5) is 5.69 Å². The number of hydrogen-bond acceptors (Lipinski definition) is 3. The zero-order valence-electron chi connectivity index (χ0n) is 9.68. The minimum Gasteiger partial charge on any atom is -0.280 e. The van der Waals surface area contributed by atoms with E-state index in [9.17, 15) is 8.42 Å². The molecule has 100 valence electrons. The van der Waals surface area contributed by atoms with Crippen LogP contribution in [-0.2, 0) is 15.9 Å². The molecule has 0 unspecified atom stereocenters. The summed E-state index contributed by atoms with van der Waals surface area (Å²) in [6, 6.07) is 8.36. The maximum atomic E-state index is 12.1. The molecule has 4 nitrogen and oxygen atoms in total. The minimum atomic E-state index is -3.63. The summed E-state index contributed by atoms with van der Waals surface area (Å²) in [5.41, 5.74) is 1.41. The number of alkyl halides is 1. The molecule has 19 heavy (non-hydrogen) atoms. The van der Waals surface area contributed by atoms with Gasteiger partial charge in [-0.05, 0) is 39.7 Å². The Morgan fingerprint density at radius 2 is 1.89 bits per heavy atom. The van der Waals surface area contributed by atoms with E-state index in [-0.39, 0.29) is 4.90 Å². The lowest BCUT2D eigenvalue weighted by Gasteiger charge is -2.08. The predicted molar refractivity (Wildman–Crippen MR) is 78.7 cm³/mol. The van der Waals surface area contributed by atoms with Crippen LogP contribution in [0.5, 0.6) is 0 Å². The van der Waals surface area contributed by atoms with Crippen LogP contribution in [-0.4, -0.2) is 13.4 Å². The van der Waals surface area contributed by atoms with Crippen LogP contribution in [0.15, 0.2) is 52.1 Å². The molecule has 0 spiro atoms. The molecule has 1 aromatic heterocycles. The van der Waals surface area contributed by atoms with Gasteiger partial charge in [0, 0.05) is 28.4 Å². The van der Waals surface area contributed by atoms with Crippen LogP contribution >= 0.6 is 27.5 Å². The zero-order chi connectivity index (χ0) is 13.9. The summed E-state index contributed by atoms with van der Waals surface area (Å²) in [6.45, 7) is 0. The molecule has 0 aliphatic heterocycles. The molecule has 0 atom stereocenters. The van der Waals surface area contributed by atoms with Gasteiger partial charge in [-0.2, -0.15) is 0 Å². The van der Waals surface area contributed by atoms with Crippen molar-refractivity contribution < 1.29 is 8.42 Å². The van der Waals surface area contributed by atoms with Gasteiger partial charge in [-0.15, -0.1) is 11.6 Å². The van der Waals surface area contributed by atoms with Gasteiger partial charge in [0.05, 0.1) is 0 Å². The fraction of sp³-hybridized carbons (Fsp3) is 0.0833. The first-order valence-electron chi connectivity index (χ1n) is 5.29. The van der Waals surface area contributed by atoms with Crippen molar-refractivity contribution in [1.82, 2.24) is 4.98 Å². The quantitative estimate of drug-likeness (QED) is 0.849. The Hall–Kier alpha value is -1.11. The number of sulfonamides is 1. The molecule has 0 radical (unpaired) electrons. The Morgan fingerprint density at radius 1 is 1.21 bits per heavy atom. The van der Waals surface area contributed by atoms with Crippen molar-refractivity contribution in [3.05, 3.63) is 52.8 Å². The molecule has 0 aliphatic rings. The Morgan fingerprint density at radius 3 is 2.47 bits per heavy atom. The Labute approximate surface area is 125 Å². The Kier molecular flexibility index (Phi) is 4.44. The summed E-state index contributed by atoms with van der Waals surface area (Å²) < 4.78 is 27.3. The molecular formula is C12H10BrClN2O2S. The molecule has 1 aromatic carbocycles. The zero-order valence-corrected chi connectivity index (χ0v) is 12.8. The van der Waals surface area contributed by atoms with E-state index in [1.165, 1.54) is 18.5 Å². The first kappa shape index (κ1) is 14.3. The fourth-order valence-corrected chi connectivity index (χ4v) is 3.16. The van der Waals surface area contributed by atoms with Gasteiger partial charge in [-0.25, -0.2) is 8.42 Å². The van der Waals surface area contributed by atoms with Gasteiger partial charge in [0.15, 0.2) is 0 Å². The highest BCUT2D eigenvalue weighted by Crippen LogP contribution is 2.19. The monoisotopic (exact) mass is 360 g/mol. The second-order valence-electron chi connectivity index (χ2n) is 3.77. The van der Waals surface area contributed by atoms with E-state index in [0.29, 0.717) is 16.0 Å². The summed E-state index contributed by atoms with van der Waals surface area (Å²) in [7, 11) is -3.63. The van der Waals surface area contributed by atoms with Gasteiger partial charge in [0.1, 0.15) is 4.90 Å². The van der Waals surface area contributed by atoms with E-state index in [2.05, 4.69) is 25.6 Å². The summed E-state index contributed by atoms with van der Waals surface area (Å²) in [5, 5.41) is 0. The third kappa shape index (κ3) is 3.68. The number of anilines is 1. The predicted octanol–water partition coefficient (Wildman–Crippen LogP) is 3.38. The second-order valence-corrected chi connectivity index (χ2v) is 6.64. The second kappa shape index (κ2) is 5.90. The van der Waals surface area contributed by atoms with Crippen LogP contribution in [0.1, 0.15) is 5.56 Å².